The number of carbonyl (C=O) groups excluding carboxylic acids is 1. The molecule has 0 aromatic heterocycles. The highest BCUT2D eigenvalue weighted by Gasteiger charge is 2.41. The smallest absolute Gasteiger partial charge is 0.307 e. The third-order valence-corrected chi connectivity index (χ3v) is 3.26. The Kier molecular flexibility index (Phi) is 4.93. The Balaban J connectivity index is 2.58. The predicted molar refractivity (Wildman–Crippen MR) is 62.5 cm³/mol. The maximum atomic E-state index is 12.0. The first-order valence-electron chi connectivity index (χ1n) is 5.97. The van der Waals surface area contributed by atoms with Crippen LogP contribution < -0.4 is 5.32 Å². The maximum absolute atomic E-state index is 12.0. The SMILES string of the molecule is COCC(C)NC(=O)[C@H]1CC(C)C[C@H]1C(=O)O. The monoisotopic (exact) mass is 243 g/mol. The van der Waals surface area contributed by atoms with Gasteiger partial charge in [-0.1, -0.05) is 6.92 Å². The number of carbonyl (C=O) groups is 2. The molecule has 1 fully saturated rings. The lowest BCUT2D eigenvalue weighted by Crippen LogP contribution is -2.41. The molecule has 5 nitrogen and oxygen atoms in total. The normalized spacial score (nSPS) is 29.9. The van der Waals surface area contributed by atoms with Crippen LogP contribution in [0.25, 0.3) is 0 Å². The van der Waals surface area contributed by atoms with Crippen LogP contribution in [0.3, 0.4) is 0 Å². The second-order valence-corrected chi connectivity index (χ2v) is 4.99. The fourth-order valence-electron chi connectivity index (χ4n) is 2.50. The van der Waals surface area contributed by atoms with Crippen molar-refractivity contribution >= 4 is 11.9 Å². The van der Waals surface area contributed by atoms with Crippen molar-refractivity contribution in [1.82, 2.24) is 5.32 Å². The summed E-state index contributed by atoms with van der Waals surface area (Å²) in [6.45, 7) is 4.27. The van der Waals surface area contributed by atoms with E-state index in [2.05, 4.69) is 5.32 Å². The molecule has 2 unspecified atom stereocenters. The van der Waals surface area contributed by atoms with Crippen molar-refractivity contribution in [1.29, 1.82) is 0 Å². The van der Waals surface area contributed by atoms with Crippen LogP contribution in [-0.2, 0) is 14.3 Å². The van der Waals surface area contributed by atoms with E-state index in [0.717, 1.165) is 0 Å². The summed E-state index contributed by atoms with van der Waals surface area (Å²) >= 11 is 0. The van der Waals surface area contributed by atoms with Gasteiger partial charge in [-0.2, -0.15) is 0 Å². The molecule has 1 amide bonds. The van der Waals surface area contributed by atoms with Crippen LogP contribution in [0.4, 0.5) is 0 Å². The van der Waals surface area contributed by atoms with Gasteiger partial charge in [-0.25, -0.2) is 0 Å². The molecule has 1 aliphatic rings. The fraction of sp³-hybridized carbons (Fsp3) is 0.833. The number of hydrogen-bond acceptors (Lipinski definition) is 3. The van der Waals surface area contributed by atoms with Gasteiger partial charge in [-0.05, 0) is 25.7 Å². The molecular weight excluding hydrogens is 222 g/mol. The summed E-state index contributed by atoms with van der Waals surface area (Å²) < 4.78 is 4.93. The molecule has 5 heteroatoms. The van der Waals surface area contributed by atoms with E-state index in [0.29, 0.717) is 25.4 Å². The van der Waals surface area contributed by atoms with Gasteiger partial charge in [0.25, 0.3) is 0 Å². The highest BCUT2D eigenvalue weighted by molar-refractivity contribution is 5.85. The molecule has 17 heavy (non-hydrogen) atoms. The lowest BCUT2D eigenvalue weighted by atomic mass is 9.95. The van der Waals surface area contributed by atoms with Gasteiger partial charge >= 0.3 is 5.97 Å². The molecule has 0 heterocycles. The van der Waals surface area contributed by atoms with Crippen LogP contribution in [0.1, 0.15) is 26.7 Å². The van der Waals surface area contributed by atoms with Crippen molar-refractivity contribution in [2.24, 2.45) is 17.8 Å². The molecule has 0 aromatic carbocycles. The average Bonchev–Trinajstić information content (AvgIpc) is 2.60. The average molecular weight is 243 g/mol. The number of aliphatic carboxylic acids is 1. The molecule has 1 aliphatic carbocycles. The molecular formula is C12H21NO4. The Bertz CT molecular complexity index is 292. The van der Waals surface area contributed by atoms with Gasteiger partial charge in [0.15, 0.2) is 0 Å². The van der Waals surface area contributed by atoms with Crippen molar-refractivity contribution in [3.8, 4) is 0 Å². The zero-order chi connectivity index (χ0) is 13.0. The third-order valence-electron chi connectivity index (χ3n) is 3.26. The number of nitrogens with one attached hydrogen (secondary N) is 1. The standard InChI is InChI=1S/C12H21NO4/c1-7-4-9(10(5-7)12(15)16)11(14)13-8(2)6-17-3/h7-10H,4-6H2,1-3H3,(H,13,14)(H,15,16)/t7?,8?,9-,10+/m0/s1. The molecule has 0 bridgehead atoms. The number of carboxylic acid groups (broad SMARTS) is 1. The lowest BCUT2D eigenvalue weighted by Gasteiger charge is -2.19. The fourth-order valence-corrected chi connectivity index (χ4v) is 2.50. The largest absolute Gasteiger partial charge is 0.481 e. The Morgan fingerprint density at radius 2 is 2.00 bits per heavy atom. The predicted octanol–water partition coefficient (Wildman–Crippen LogP) is 0.884. The highest BCUT2D eigenvalue weighted by Crippen LogP contribution is 2.36. The molecule has 1 rings (SSSR count). The zero-order valence-electron chi connectivity index (χ0n) is 10.6. The van der Waals surface area contributed by atoms with Gasteiger partial charge in [0.1, 0.15) is 0 Å². The topological polar surface area (TPSA) is 75.6 Å². The highest BCUT2D eigenvalue weighted by atomic mass is 16.5. The van der Waals surface area contributed by atoms with Crippen molar-refractivity contribution in [2.45, 2.75) is 32.7 Å². The summed E-state index contributed by atoms with van der Waals surface area (Å²) in [6, 6.07) is -0.0853. The van der Waals surface area contributed by atoms with Crippen LogP contribution in [0.5, 0.6) is 0 Å². The lowest BCUT2D eigenvalue weighted by molar-refractivity contribution is -0.146. The number of rotatable bonds is 5. The third kappa shape index (κ3) is 3.70. The minimum Gasteiger partial charge on any atom is -0.481 e. The van der Waals surface area contributed by atoms with Crippen LogP contribution in [0.2, 0.25) is 0 Å². The Morgan fingerprint density at radius 1 is 1.41 bits per heavy atom. The number of ether oxygens (including phenoxy) is 1. The quantitative estimate of drug-likeness (QED) is 0.751. The second kappa shape index (κ2) is 6.00. The first-order valence-corrected chi connectivity index (χ1v) is 5.97. The van der Waals surface area contributed by atoms with Gasteiger partial charge in [0.2, 0.25) is 5.91 Å². The van der Waals surface area contributed by atoms with E-state index in [1.54, 1.807) is 7.11 Å². The molecule has 1 saturated carbocycles. The summed E-state index contributed by atoms with van der Waals surface area (Å²) in [5.74, 6) is -1.67. The maximum Gasteiger partial charge on any atom is 0.307 e. The van der Waals surface area contributed by atoms with E-state index in [9.17, 15) is 9.59 Å². The molecule has 0 spiro atoms. The molecule has 0 saturated heterocycles. The first-order chi connectivity index (χ1) is 7.95. The Hall–Kier alpha value is -1.10. The molecule has 0 radical (unpaired) electrons. The van der Waals surface area contributed by atoms with Gasteiger partial charge in [-0.15, -0.1) is 0 Å². The van der Waals surface area contributed by atoms with E-state index in [4.69, 9.17) is 9.84 Å². The summed E-state index contributed by atoms with van der Waals surface area (Å²) in [5, 5.41) is 11.9. The van der Waals surface area contributed by atoms with E-state index >= 15 is 0 Å². The van der Waals surface area contributed by atoms with E-state index in [1.807, 2.05) is 13.8 Å². The summed E-state index contributed by atoms with van der Waals surface area (Å²) in [4.78, 5) is 23.0. The van der Waals surface area contributed by atoms with Gasteiger partial charge in [-0.3, -0.25) is 9.59 Å². The number of methoxy groups -OCH3 is 1. The van der Waals surface area contributed by atoms with Crippen molar-refractivity contribution in [3.63, 3.8) is 0 Å². The summed E-state index contributed by atoms with van der Waals surface area (Å²) in [6.07, 6.45) is 1.24. The van der Waals surface area contributed by atoms with Crippen LogP contribution >= 0.6 is 0 Å². The van der Waals surface area contributed by atoms with E-state index in [1.165, 1.54) is 0 Å². The molecule has 0 aliphatic heterocycles. The van der Waals surface area contributed by atoms with Crippen LogP contribution in [-0.4, -0.2) is 36.7 Å². The van der Waals surface area contributed by atoms with Gasteiger partial charge < -0.3 is 15.2 Å². The second-order valence-electron chi connectivity index (χ2n) is 4.99. The number of carboxylic acids is 1. The van der Waals surface area contributed by atoms with Crippen molar-refractivity contribution < 1.29 is 19.4 Å². The van der Waals surface area contributed by atoms with Crippen molar-refractivity contribution in [3.05, 3.63) is 0 Å². The minimum absolute atomic E-state index is 0.0853. The number of amides is 1. The van der Waals surface area contributed by atoms with E-state index in [-0.39, 0.29) is 11.9 Å². The van der Waals surface area contributed by atoms with Gasteiger partial charge in [0.05, 0.1) is 18.4 Å². The van der Waals surface area contributed by atoms with E-state index < -0.39 is 17.8 Å². The van der Waals surface area contributed by atoms with Gasteiger partial charge in [0, 0.05) is 13.2 Å². The first kappa shape index (κ1) is 14.0. The molecule has 4 atom stereocenters. The minimum atomic E-state index is -0.867. The number of hydrogen-bond donors (Lipinski definition) is 2. The zero-order valence-corrected chi connectivity index (χ0v) is 10.6. The Labute approximate surface area is 102 Å². The van der Waals surface area contributed by atoms with Crippen LogP contribution in [0.15, 0.2) is 0 Å². The molecule has 0 aromatic rings. The molecule has 2 N–H and O–H groups in total. The summed E-state index contributed by atoms with van der Waals surface area (Å²) in [5.41, 5.74) is 0. The molecule has 98 valence electrons. The summed E-state index contributed by atoms with van der Waals surface area (Å²) in [7, 11) is 1.57. The van der Waals surface area contributed by atoms with Crippen molar-refractivity contribution in [2.75, 3.05) is 13.7 Å². The van der Waals surface area contributed by atoms with Crippen LogP contribution in [0, 0.1) is 17.8 Å². The Morgan fingerprint density at radius 3 is 2.53 bits per heavy atom.